The Morgan fingerprint density at radius 3 is 2.90 bits per heavy atom. The molecule has 0 aliphatic rings. The lowest BCUT2D eigenvalue weighted by atomic mass is 10.0. The second-order valence-electron chi connectivity index (χ2n) is 4.76. The van der Waals surface area contributed by atoms with Crippen molar-refractivity contribution in [1.82, 2.24) is 15.1 Å². The van der Waals surface area contributed by atoms with E-state index in [1.807, 2.05) is 19.1 Å². The fourth-order valence-corrected chi connectivity index (χ4v) is 2.63. The molecule has 0 saturated heterocycles. The third kappa shape index (κ3) is 3.30. The van der Waals surface area contributed by atoms with Gasteiger partial charge in [-0.2, -0.15) is 5.10 Å². The number of rotatable bonds is 7. The van der Waals surface area contributed by atoms with E-state index in [2.05, 4.69) is 15.1 Å². The SMILES string of the molecule is CCN(CCO)CCC(O)c1ccc2[nH]ncc2c1Cl. The number of fused-ring (bicyclic) bond motifs is 1. The summed E-state index contributed by atoms with van der Waals surface area (Å²) in [5.74, 6) is 0. The Bertz CT molecular complexity index is 558. The molecule has 2 rings (SSSR count). The maximum absolute atomic E-state index is 10.3. The number of aromatic amines is 1. The summed E-state index contributed by atoms with van der Waals surface area (Å²) in [4.78, 5) is 2.09. The Labute approximate surface area is 123 Å². The van der Waals surface area contributed by atoms with Crippen LogP contribution in [0, 0.1) is 0 Å². The predicted octanol–water partition coefficient (Wildman–Crippen LogP) is 1.95. The number of aliphatic hydroxyl groups excluding tert-OH is 2. The first-order chi connectivity index (χ1) is 9.67. The lowest BCUT2D eigenvalue weighted by molar-refractivity contribution is 0.133. The van der Waals surface area contributed by atoms with Crippen molar-refractivity contribution in [3.05, 3.63) is 28.9 Å². The van der Waals surface area contributed by atoms with E-state index in [-0.39, 0.29) is 6.61 Å². The zero-order chi connectivity index (χ0) is 14.5. The molecule has 0 saturated carbocycles. The molecular formula is C14H20ClN3O2. The molecule has 0 amide bonds. The van der Waals surface area contributed by atoms with E-state index >= 15 is 0 Å². The number of likely N-dealkylation sites (N-methyl/N-ethyl adjacent to an activating group) is 1. The van der Waals surface area contributed by atoms with Gasteiger partial charge in [-0.05, 0) is 24.6 Å². The summed E-state index contributed by atoms with van der Waals surface area (Å²) < 4.78 is 0. The van der Waals surface area contributed by atoms with Gasteiger partial charge in [-0.3, -0.25) is 5.10 Å². The summed E-state index contributed by atoms with van der Waals surface area (Å²) in [6, 6.07) is 3.70. The molecule has 1 aromatic carbocycles. The Hall–Kier alpha value is -1.14. The van der Waals surface area contributed by atoms with Crippen molar-refractivity contribution in [3.8, 4) is 0 Å². The number of benzene rings is 1. The summed E-state index contributed by atoms with van der Waals surface area (Å²) in [5, 5.41) is 27.4. The van der Waals surface area contributed by atoms with Gasteiger partial charge in [0.2, 0.25) is 0 Å². The van der Waals surface area contributed by atoms with Crippen molar-refractivity contribution in [2.75, 3.05) is 26.2 Å². The van der Waals surface area contributed by atoms with Crippen LogP contribution in [0.2, 0.25) is 5.02 Å². The van der Waals surface area contributed by atoms with Crippen molar-refractivity contribution < 1.29 is 10.2 Å². The molecule has 0 spiro atoms. The number of H-pyrrole nitrogens is 1. The van der Waals surface area contributed by atoms with Crippen molar-refractivity contribution in [2.24, 2.45) is 0 Å². The van der Waals surface area contributed by atoms with Crippen LogP contribution >= 0.6 is 11.6 Å². The standard InChI is InChI=1S/C14H20ClN3O2/c1-2-18(7-8-19)6-5-13(20)10-3-4-12-11(14(10)15)9-16-17-12/h3-4,9,13,19-20H,2,5-8H2,1H3,(H,16,17). The van der Waals surface area contributed by atoms with E-state index in [9.17, 15) is 5.11 Å². The molecule has 0 radical (unpaired) electrons. The molecule has 3 N–H and O–H groups in total. The third-order valence-corrected chi connectivity index (χ3v) is 3.95. The van der Waals surface area contributed by atoms with Crippen molar-refractivity contribution >= 4 is 22.5 Å². The Kier molecular flexibility index (Phi) is 5.37. The first kappa shape index (κ1) is 15.3. The number of nitrogens with one attached hydrogen (secondary N) is 1. The molecule has 2 aromatic rings. The monoisotopic (exact) mass is 297 g/mol. The Morgan fingerprint density at radius 1 is 1.40 bits per heavy atom. The average Bonchev–Trinajstić information content (AvgIpc) is 2.93. The lowest BCUT2D eigenvalue weighted by Gasteiger charge is -2.21. The minimum absolute atomic E-state index is 0.131. The largest absolute Gasteiger partial charge is 0.395 e. The van der Waals surface area contributed by atoms with E-state index in [0.717, 1.165) is 29.6 Å². The first-order valence-electron chi connectivity index (χ1n) is 6.80. The number of aliphatic hydroxyl groups is 2. The van der Waals surface area contributed by atoms with Crippen LogP contribution < -0.4 is 0 Å². The maximum atomic E-state index is 10.3. The van der Waals surface area contributed by atoms with Gasteiger partial charge in [0.05, 0.1) is 29.4 Å². The fourth-order valence-electron chi connectivity index (χ4n) is 2.29. The zero-order valence-corrected chi connectivity index (χ0v) is 12.3. The molecule has 0 aliphatic carbocycles. The van der Waals surface area contributed by atoms with Crippen LogP contribution in [-0.2, 0) is 0 Å². The van der Waals surface area contributed by atoms with Crippen LogP contribution in [0.4, 0.5) is 0 Å². The van der Waals surface area contributed by atoms with Gasteiger partial charge in [-0.1, -0.05) is 24.6 Å². The molecule has 1 aromatic heterocycles. The van der Waals surface area contributed by atoms with Crippen LogP contribution in [0.25, 0.3) is 10.9 Å². The van der Waals surface area contributed by atoms with Crippen LogP contribution in [0.3, 0.4) is 0 Å². The molecule has 6 heteroatoms. The van der Waals surface area contributed by atoms with Gasteiger partial charge in [-0.15, -0.1) is 0 Å². The average molecular weight is 298 g/mol. The topological polar surface area (TPSA) is 72.4 Å². The van der Waals surface area contributed by atoms with Gasteiger partial charge >= 0.3 is 0 Å². The highest BCUT2D eigenvalue weighted by molar-refractivity contribution is 6.36. The van der Waals surface area contributed by atoms with Crippen LogP contribution in [0.15, 0.2) is 18.3 Å². The Morgan fingerprint density at radius 2 is 2.20 bits per heavy atom. The summed E-state index contributed by atoms with van der Waals surface area (Å²) in [5.41, 5.74) is 1.59. The van der Waals surface area contributed by atoms with Gasteiger partial charge in [0.25, 0.3) is 0 Å². The molecule has 0 aliphatic heterocycles. The normalized spacial score (nSPS) is 13.2. The molecule has 1 unspecified atom stereocenters. The second-order valence-corrected chi connectivity index (χ2v) is 5.14. The van der Waals surface area contributed by atoms with Crippen molar-refractivity contribution in [2.45, 2.75) is 19.4 Å². The molecule has 20 heavy (non-hydrogen) atoms. The summed E-state index contributed by atoms with van der Waals surface area (Å²) in [6.07, 6.45) is 1.63. The first-order valence-corrected chi connectivity index (χ1v) is 7.18. The minimum atomic E-state index is -0.616. The van der Waals surface area contributed by atoms with E-state index < -0.39 is 6.10 Å². The van der Waals surface area contributed by atoms with Gasteiger partial charge in [0.1, 0.15) is 0 Å². The number of hydrogen-bond donors (Lipinski definition) is 3. The van der Waals surface area contributed by atoms with Gasteiger partial charge in [0.15, 0.2) is 0 Å². The van der Waals surface area contributed by atoms with Gasteiger partial charge in [0, 0.05) is 18.5 Å². The van der Waals surface area contributed by atoms with Crippen molar-refractivity contribution in [1.29, 1.82) is 0 Å². The third-order valence-electron chi connectivity index (χ3n) is 3.53. The molecule has 5 nitrogen and oxygen atoms in total. The smallest absolute Gasteiger partial charge is 0.0816 e. The number of nitrogens with zero attached hydrogens (tertiary/aromatic N) is 2. The highest BCUT2D eigenvalue weighted by Gasteiger charge is 2.15. The molecule has 0 bridgehead atoms. The number of halogens is 1. The highest BCUT2D eigenvalue weighted by atomic mass is 35.5. The molecular weight excluding hydrogens is 278 g/mol. The van der Waals surface area contributed by atoms with E-state index in [1.54, 1.807) is 6.20 Å². The second kappa shape index (κ2) is 7.04. The zero-order valence-electron chi connectivity index (χ0n) is 11.5. The fraction of sp³-hybridized carbons (Fsp3) is 0.500. The van der Waals surface area contributed by atoms with Crippen LogP contribution in [0.1, 0.15) is 25.0 Å². The Balaban J connectivity index is 2.07. The summed E-state index contributed by atoms with van der Waals surface area (Å²) in [6.45, 7) is 4.36. The van der Waals surface area contributed by atoms with Gasteiger partial charge in [-0.25, -0.2) is 0 Å². The van der Waals surface area contributed by atoms with E-state index in [4.69, 9.17) is 16.7 Å². The van der Waals surface area contributed by atoms with Crippen LogP contribution in [-0.4, -0.2) is 51.6 Å². The quantitative estimate of drug-likeness (QED) is 0.730. The number of hydrogen-bond acceptors (Lipinski definition) is 4. The van der Waals surface area contributed by atoms with Crippen LogP contribution in [0.5, 0.6) is 0 Å². The van der Waals surface area contributed by atoms with Crippen molar-refractivity contribution in [3.63, 3.8) is 0 Å². The van der Waals surface area contributed by atoms with E-state index in [0.29, 0.717) is 18.0 Å². The minimum Gasteiger partial charge on any atom is -0.395 e. The molecule has 0 fully saturated rings. The maximum Gasteiger partial charge on any atom is 0.0816 e. The molecule has 1 atom stereocenters. The summed E-state index contributed by atoms with van der Waals surface area (Å²) >= 11 is 6.31. The molecule has 110 valence electrons. The van der Waals surface area contributed by atoms with E-state index in [1.165, 1.54) is 0 Å². The predicted molar refractivity (Wildman–Crippen MR) is 79.9 cm³/mol. The highest BCUT2D eigenvalue weighted by Crippen LogP contribution is 2.31. The number of aromatic nitrogens is 2. The summed E-state index contributed by atoms with van der Waals surface area (Å²) in [7, 11) is 0. The lowest BCUT2D eigenvalue weighted by Crippen LogP contribution is -2.28. The molecule has 1 heterocycles. The van der Waals surface area contributed by atoms with Gasteiger partial charge < -0.3 is 15.1 Å².